The van der Waals surface area contributed by atoms with Gasteiger partial charge in [-0.25, -0.2) is 4.99 Å². The van der Waals surface area contributed by atoms with Crippen molar-refractivity contribution < 1.29 is 9.53 Å². The van der Waals surface area contributed by atoms with Crippen molar-refractivity contribution in [1.29, 1.82) is 0 Å². The quantitative estimate of drug-likeness (QED) is 0.341. The first kappa shape index (κ1) is 21.8. The fourth-order valence-electron chi connectivity index (χ4n) is 2.05. The molecule has 140 valence electrons. The number of carbonyl (C=O) groups is 1. The molecule has 0 atom stereocenters. The zero-order valence-corrected chi connectivity index (χ0v) is 17.7. The van der Waals surface area contributed by atoms with Crippen LogP contribution in [-0.2, 0) is 4.79 Å². The standard InChI is InChI=1S/C17H25ClN4O2.HI/c1-3-19-17(20-12-16(23)21-14-6-7-14)22(2)10-11-24-15-8-4-13(18)5-9-15;/h4-5,8-9,14H,3,6-7,10-12H2,1-2H3,(H,19,20)(H,21,23);1H. The molecule has 0 radical (unpaired) electrons. The zero-order valence-electron chi connectivity index (χ0n) is 14.6. The van der Waals surface area contributed by atoms with Gasteiger partial charge in [-0.3, -0.25) is 4.79 Å². The number of halogens is 2. The molecule has 1 fully saturated rings. The minimum Gasteiger partial charge on any atom is -0.492 e. The number of nitrogens with zero attached hydrogens (tertiary/aromatic N) is 2. The van der Waals surface area contributed by atoms with Crippen molar-refractivity contribution in [2.45, 2.75) is 25.8 Å². The van der Waals surface area contributed by atoms with Gasteiger partial charge in [0.2, 0.25) is 5.91 Å². The number of likely N-dealkylation sites (N-methyl/N-ethyl adjacent to an activating group) is 1. The average molecular weight is 481 g/mol. The van der Waals surface area contributed by atoms with Crippen LogP contribution in [0, 0.1) is 0 Å². The van der Waals surface area contributed by atoms with Crippen molar-refractivity contribution >= 4 is 47.4 Å². The number of aliphatic imine (C=N–C) groups is 1. The molecule has 0 saturated heterocycles. The van der Waals surface area contributed by atoms with E-state index in [2.05, 4.69) is 15.6 Å². The van der Waals surface area contributed by atoms with Crippen LogP contribution in [0.4, 0.5) is 0 Å². The summed E-state index contributed by atoms with van der Waals surface area (Å²) in [5.41, 5.74) is 0. The zero-order chi connectivity index (χ0) is 17.4. The van der Waals surface area contributed by atoms with Crippen molar-refractivity contribution in [3.8, 4) is 5.75 Å². The van der Waals surface area contributed by atoms with Crippen LogP contribution in [0.25, 0.3) is 0 Å². The number of hydrogen-bond donors (Lipinski definition) is 2. The highest BCUT2D eigenvalue weighted by molar-refractivity contribution is 14.0. The van der Waals surface area contributed by atoms with Gasteiger partial charge in [-0.1, -0.05) is 11.6 Å². The molecule has 2 N–H and O–H groups in total. The summed E-state index contributed by atoms with van der Waals surface area (Å²) in [6, 6.07) is 7.63. The third-order valence-electron chi connectivity index (χ3n) is 3.52. The van der Waals surface area contributed by atoms with Crippen LogP contribution in [0.1, 0.15) is 19.8 Å². The number of guanidine groups is 1. The molecule has 8 heteroatoms. The third-order valence-corrected chi connectivity index (χ3v) is 3.77. The van der Waals surface area contributed by atoms with Crippen LogP contribution in [0.2, 0.25) is 5.02 Å². The summed E-state index contributed by atoms with van der Waals surface area (Å²) >= 11 is 5.85. The summed E-state index contributed by atoms with van der Waals surface area (Å²) < 4.78 is 5.68. The Kier molecular flexibility index (Phi) is 9.96. The Labute approximate surface area is 171 Å². The molecule has 2 rings (SSSR count). The summed E-state index contributed by atoms with van der Waals surface area (Å²) in [6.45, 7) is 4.04. The molecule has 0 unspecified atom stereocenters. The lowest BCUT2D eigenvalue weighted by Gasteiger charge is -2.22. The van der Waals surface area contributed by atoms with E-state index in [1.807, 2.05) is 31.0 Å². The third kappa shape index (κ3) is 8.62. The summed E-state index contributed by atoms with van der Waals surface area (Å²) in [5, 5.41) is 6.80. The Balaban J connectivity index is 0.00000312. The van der Waals surface area contributed by atoms with E-state index in [1.165, 1.54) is 0 Å². The van der Waals surface area contributed by atoms with Crippen molar-refractivity contribution in [2.24, 2.45) is 4.99 Å². The minimum atomic E-state index is -0.0290. The molecule has 0 bridgehead atoms. The largest absolute Gasteiger partial charge is 0.492 e. The van der Waals surface area contributed by atoms with Crippen LogP contribution in [0.15, 0.2) is 29.3 Å². The second-order valence-electron chi connectivity index (χ2n) is 5.74. The maximum Gasteiger partial charge on any atom is 0.242 e. The number of amides is 1. The number of nitrogens with one attached hydrogen (secondary N) is 2. The van der Waals surface area contributed by atoms with Gasteiger partial charge in [0.1, 0.15) is 18.9 Å². The first-order valence-corrected chi connectivity index (χ1v) is 8.63. The van der Waals surface area contributed by atoms with E-state index in [1.54, 1.807) is 12.1 Å². The smallest absolute Gasteiger partial charge is 0.242 e. The Morgan fingerprint density at radius 3 is 2.64 bits per heavy atom. The minimum absolute atomic E-state index is 0. The molecular formula is C17H26ClIN4O2. The predicted molar refractivity (Wildman–Crippen MR) is 112 cm³/mol. The van der Waals surface area contributed by atoms with Gasteiger partial charge in [0.15, 0.2) is 5.96 Å². The molecule has 6 nitrogen and oxygen atoms in total. The first-order valence-electron chi connectivity index (χ1n) is 8.25. The predicted octanol–water partition coefficient (Wildman–Crippen LogP) is 2.51. The molecule has 1 aliphatic carbocycles. The Bertz CT molecular complexity index is 564. The number of hydrogen-bond acceptors (Lipinski definition) is 3. The van der Waals surface area contributed by atoms with Crippen LogP contribution in [0.5, 0.6) is 5.75 Å². The lowest BCUT2D eigenvalue weighted by atomic mass is 10.3. The fraction of sp³-hybridized carbons (Fsp3) is 0.529. The van der Waals surface area contributed by atoms with Crippen LogP contribution >= 0.6 is 35.6 Å². The van der Waals surface area contributed by atoms with E-state index in [0.717, 1.165) is 25.1 Å². The van der Waals surface area contributed by atoms with E-state index >= 15 is 0 Å². The Hall–Kier alpha value is -1.22. The molecule has 0 spiro atoms. The highest BCUT2D eigenvalue weighted by atomic mass is 127. The molecule has 25 heavy (non-hydrogen) atoms. The van der Waals surface area contributed by atoms with Gasteiger partial charge in [-0.15, -0.1) is 24.0 Å². The van der Waals surface area contributed by atoms with E-state index < -0.39 is 0 Å². The molecule has 1 aromatic carbocycles. The first-order chi connectivity index (χ1) is 11.6. The fourth-order valence-corrected chi connectivity index (χ4v) is 2.18. The average Bonchev–Trinajstić information content (AvgIpc) is 3.37. The second kappa shape index (κ2) is 11.4. The number of ether oxygens (including phenoxy) is 1. The maximum absolute atomic E-state index is 11.8. The van der Waals surface area contributed by atoms with Gasteiger partial charge in [0.25, 0.3) is 0 Å². The highest BCUT2D eigenvalue weighted by Crippen LogP contribution is 2.18. The van der Waals surface area contributed by atoms with Crippen LogP contribution < -0.4 is 15.4 Å². The number of benzene rings is 1. The maximum atomic E-state index is 11.8. The van der Waals surface area contributed by atoms with Crippen molar-refractivity contribution in [1.82, 2.24) is 15.5 Å². The summed E-state index contributed by atoms with van der Waals surface area (Å²) in [4.78, 5) is 18.1. The van der Waals surface area contributed by atoms with Crippen molar-refractivity contribution in [3.05, 3.63) is 29.3 Å². The van der Waals surface area contributed by atoms with Gasteiger partial charge in [0, 0.05) is 24.7 Å². The highest BCUT2D eigenvalue weighted by Gasteiger charge is 2.22. The topological polar surface area (TPSA) is 66.0 Å². The molecule has 1 saturated carbocycles. The molecule has 0 heterocycles. The number of rotatable bonds is 8. The van der Waals surface area contributed by atoms with Gasteiger partial charge >= 0.3 is 0 Å². The van der Waals surface area contributed by atoms with E-state index in [-0.39, 0.29) is 36.4 Å². The van der Waals surface area contributed by atoms with Crippen LogP contribution in [0.3, 0.4) is 0 Å². The van der Waals surface area contributed by atoms with Gasteiger partial charge in [0.05, 0.1) is 6.54 Å². The Morgan fingerprint density at radius 1 is 1.36 bits per heavy atom. The van der Waals surface area contributed by atoms with E-state index in [4.69, 9.17) is 16.3 Å². The van der Waals surface area contributed by atoms with Gasteiger partial charge in [-0.05, 0) is 44.0 Å². The monoisotopic (exact) mass is 480 g/mol. The summed E-state index contributed by atoms with van der Waals surface area (Å²) in [7, 11) is 1.92. The van der Waals surface area contributed by atoms with Crippen molar-refractivity contribution in [2.75, 3.05) is 33.3 Å². The lowest BCUT2D eigenvalue weighted by Crippen LogP contribution is -2.41. The molecule has 1 amide bonds. The van der Waals surface area contributed by atoms with Crippen molar-refractivity contribution in [3.63, 3.8) is 0 Å². The van der Waals surface area contributed by atoms with E-state index in [9.17, 15) is 4.79 Å². The number of carbonyl (C=O) groups excluding carboxylic acids is 1. The summed E-state index contributed by atoms with van der Waals surface area (Å²) in [5.74, 6) is 1.44. The summed E-state index contributed by atoms with van der Waals surface area (Å²) in [6.07, 6.45) is 2.16. The Morgan fingerprint density at radius 2 is 2.04 bits per heavy atom. The lowest BCUT2D eigenvalue weighted by molar-refractivity contribution is -0.119. The van der Waals surface area contributed by atoms with E-state index in [0.29, 0.717) is 30.2 Å². The molecule has 1 aliphatic rings. The van der Waals surface area contributed by atoms with Crippen LogP contribution in [-0.4, -0.2) is 56.1 Å². The normalized spacial score (nSPS) is 13.6. The van der Waals surface area contributed by atoms with Gasteiger partial charge < -0.3 is 20.3 Å². The van der Waals surface area contributed by atoms with Gasteiger partial charge in [-0.2, -0.15) is 0 Å². The second-order valence-corrected chi connectivity index (χ2v) is 6.17. The molecular weight excluding hydrogens is 455 g/mol. The molecule has 0 aromatic heterocycles. The molecule has 0 aliphatic heterocycles. The molecule has 1 aromatic rings. The SMILES string of the molecule is CCNC(=NCC(=O)NC1CC1)N(C)CCOc1ccc(Cl)cc1.I.